The lowest BCUT2D eigenvalue weighted by atomic mass is 10.0. The monoisotopic (exact) mass is 956 g/mol. The minimum Gasteiger partial charge on any atom is -0.466 e. The summed E-state index contributed by atoms with van der Waals surface area (Å²) in [6, 6.07) is -0.630. The summed E-state index contributed by atoms with van der Waals surface area (Å²) in [5.74, 6) is -0.0692. The lowest BCUT2D eigenvalue weighted by Gasteiger charge is -2.20. The molecule has 1 amide bonds. The highest BCUT2D eigenvalue weighted by atomic mass is 16.5. The van der Waals surface area contributed by atoms with Crippen LogP contribution in [0.5, 0.6) is 0 Å². The maximum absolute atomic E-state index is 12.4. The fourth-order valence-corrected chi connectivity index (χ4v) is 9.21. The zero-order valence-electron chi connectivity index (χ0n) is 45.6. The van der Waals surface area contributed by atoms with Crippen LogP contribution in [0.1, 0.15) is 322 Å². The van der Waals surface area contributed by atoms with Crippen molar-refractivity contribution in [3.05, 3.63) is 36.5 Å². The third-order valence-corrected chi connectivity index (χ3v) is 13.9. The third-order valence-electron chi connectivity index (χ3n) is 13.9. The second kappa shape index (κ2) is 57.7. The normalized spacial score (nSPS) is 12.8. The van der Waals surface area contributed by atoms with Crippen molar-refractivity contribution < 1.29 is 24.5 Å². The number of hydrogen-bond acceptors (Lipinski definition) is 5. The van der Waals surface area contributed by atoms with Gasteiger partial charge in [0, 0.05) is 12.8 Å². The first kappa shape index (κ1) is 66.1. The fourth-order valence-electron chi connectivity index (χ4n) is 9.21. The van der Waals surface area contributed by atoms with Gasteiger partial charge in [0.1, 0.15) is 0 Å². The van der Waals surface area contributed by atoms with Gasteiger partial charge in [0.05, 0.1) is 25.4 Å². The number of hydrogen-bond donors (Lipinski definition) is 3. The van der Waals surface area contributed by atoms with Crippen molar-refractivity contribution in [2.75, 3.05) is 13.2 Å². The van der Waals surface area contributed by atoms with E-state index in [0.717, 1.165) is 44.9 Å². The van der Waals surface area contributed by atoms with E-state index in [1.165, 1.54) is 250 Å². The van der Waals surface area contributed by atoms with E-state index in [-0.39, 0.29) is 18.5 Å². The van der Waals surface area contributed by atoms with Crippen LogP contribution in [0.4, 0.5) is 0 Å². The molecule has 0 rings (SSSR count). The smallest absolute Gasteiger partial charge is 0.305 e. The van der Waals surface area contributed by atoms with E-state index in [1.807, 2.05) is 6.08 Å². The second-order valence-electron chi connectivity index (χ2n) is 20.7. The molecule has 0 radical (unpaired) electrons. The van der Waals surface area contributed by atoms with Gasteiger partial charge in [-0.15, -0.1) is 0 Å². The molecule has 0 spiro atoms. The van der Waals surface area contributed by atoms with Crippen LogP contribution in [0.15, 0.2) is 36.5 Å². The number of carbonyl (C=O) groups excluding carboxylic acids is 2. The molecule has 2 unspecified atom stereocenters. The van der Waals surface area contributed by atoms with Crippen molar-refractivity contribution in [1.82, 2.24) is 5.32 Å². The van der Waals surface area contributed by atoms with Gasteiger partial charge in [-0.2, -0.15) is 0 Å². The molecule has 0 bridgehead atoms. The van der Waals surface area contributed by atoms with Gasteiger partial charge in [-0.05, 0) is 83.5 Å². The maximum Gasteiger partial charge on any atom is 0.305 e. The van der Waals surface area contributed by atoms with Gasteiger partial charge in [0.15, 0.2) is 0 Å². The summed E-state index contributed by atoms with van der Waals surface area (Å²) in [5, 5.41) is 23.0. The summed E-state index contributed by atoms with van der Waals surface area (Å²) in [6.07, 6.45) is 71.8. The molecule has 0 aliphatic rings. The summed E-state index contributed by atoms with van der Waals surface area (Å²) >= 11 is 0. The molecule has 6 nitrogen and oxygen atoms in total. The van der Waals surface area contributed by atoms with Gasteiger partial charge in [0.2, 0.25) is 5.91 Å². The summed E-state index contributed by atoms with van der Waals surface area (Å²) < 4.78 is 5.48. The SMILES string of the molecule is CCCCCCCC/C=C\CCCCCCCC(=O)OCCCCCCCCCCCCCC/C=C\CCCCCCCCCCC(=O)NC(CO)C(O)/C=C/CCCCCCCCCCCC. The van der Waals surface area contributed by atoms with Crippen LogP contribution in [0, 0.1) is 0 Å². The summed E-state index contributed by atoms with van der Waals surface area (Å²) in [6.45, 7) is 4.89. The quantitative estimate of drug-likeness (QED) is 0.0321. The zero-order chi connectivity index (χ0) is 49.3. The number of amides is 1. The Morgan fingerprint density at radius 2 is 0.691 bits per heavy atom. The first-order chi connectivity index (χ1) is 33.5. The van der Waals surface area contributed by atoms with Crippen molar-refractivity contribution in [3.63, 3.8) is 0 Å². The molecule has 0 fully saturated rings. The Balaban J connectivity index is 3.41. The van der Waals surface area contributed by atoms with Crippen LogP contribution in [-0.2, 0) is 14.3 Å². The number of aliphatic hydroxyl groups is 2. The predicted octanol–water partition coefficient (Wildman–Crippen LogP) is 18.8. The van der Waals surface area contributed by atoms with Crippen molar-refractivity contribution >= 4 is 11.9 Å². The van der Waals surface area contributed by atoms with E-state index in [0.29, 0.717) is 19.4 Å². The molecule has 0 heterocycles. The van der Waals surface area contributed by atoms with E-state index < -0.39 is 12.1 Å². The van der Waals surface area contributed by atoms with E-state index >= 15 is 0 Å². The highest BCUT2D eigenvalue weighted by Gasteiger charge is 2.18. The Hall–Kier alpha value is -1.92. The molecule has 68 heavy (non-hydrogen) atoms. The zero-order valence-corrected chi connectivity index (χ0v) is 45.6. The molecule has 0 aromatic carbocycles. The van der Waals surface area contributed by atoms with Crippen LogP contribution >= 0.6 is 0 Å². The average molecular weight is 957 g/mol. The number of rotatable bonds is 56. The molecule has 6 heteroatoms. The number of unbranched alkanes of at least 4 members (excludes halogenated alkanes) is 41. The van der Waals surface area contributed by atoms with Crippen LogP contribution < -0.4 is 5.32 Å². The molecule has 0 aromatic rings. The number of allylic oxidation sites excluding steroid dienone is 5. The summed E-state index contributed by atoms with van der Waals surface area (Å²) in [5.41, 5.74) is 0. The van der Waals surface area contributed by atoms with E-state index in [9.17, 15) is 19.8 Å². The van der Waals surface area contributed by atoms with Gasteiger partial charge < -0.3 is 20.3 Å². The minimum atomic E-state index is -0.846. The van der Waals surface area contributed by atoms with Gasteiger partial charge in [-0.25, -0.2) is 0 Å². The first-order valence-corrected chi connectivity index (χ1v) is 30.3. The fraction of sp³-hybridized carbons (Fsp3) is 0.871. The molecule has 0 saturated carbocycles. The van der Waals surface area contributed by atoms with Crippen LogP contribution in [0.2, 0.25) is 0 Å². The Bertz CT molecular complexity index is 1100. The third kappa shape index (κ3) is 53.4. The van der Waals surface area contributed by atoms with Gasteiger partial charge >= 0.3 is 5.97 Å². The molecular formula is C62H117NO5. The molecule has 0 aliphatic carbocycles. The highest BCUT2D eigenvalue weighted by molar-refractivity contribution is 5.76. The first-order valence-electron chi connectivity index (χ1n) is 30.3. The van der Waals surface area contributed by atoms with Crippen molar-refractivity contribution in [1.29, 1.82) is 0 Å². The van der Waals surface area contributed by atoms with Crippen molar-refractivity contribution in [2.24, 2.45) is 0 Å². The molecule has 400 valence electrons. The lowest BCUT2D eigenvalue weighted by Crippen LogP contribution is -2.45. The average Bonchev–Trinajstić information content (AvgIpc) is 3.34. The standard InChI is InChI=1S/C62H117NO5/c1-3-5-7-9-11-13-15-17-28-32-36-40-44-48-52-56-62(67)68-57-53-49-45-41-37-33-30-27-25-23-21-19-18-20-22-24-26-29-31-35-39-43-47-51-55-61(66)63-59(58-64)60(65)54-50-46-42-38-34-16-14-12-10-8-6-4-2/h17,20,22,28,50,54,59-60,64-65H,3-16,18-19,21,23-27,29-49,51-53,55-58H2,1-2H3,(H,63,66)/b22-20-,28-17-,54-50+. The number of ether oxygens (including phenoxy) is 1. The van der Waals surface area contributed by atoms with Crippen LogP contribution in [0.3, 0.4) is 0 Å². The summed E-state index contributed by atoms with van der Waals surface area (Å²) in [4.78, 5) is 24.5. The largest absolute Gasteiger partial charge is 0.466 e. The molecule has 3 N–H and O–H groups in total. The Labute approximate surface area is 424 Å². The van der Waals surface area contributed by atoms with Crippen molar-refractivity contribution in [3.8, 4) is 0 Å². The Kier molecular flexibility index (Phi) is 56.0. The maximum atomic E-state index is 12.4. The molecule has 0 aliphatic heterocycles. The summed E-state index contributed by atoms with van der Waals surface area (Å²) in [7, 11) is 0. The predicted molar refractivity (Wildman–Crippen MR) is 296 cm³/mol. The number of carbonyl (C=O) groups is 2. The Morgan fingerprint density at radius 1 is 0.397 bits per heavy atom. The minimum absolute atomic E-state index is 0.00391. The van der Waals surface area contributed by atoms with Crippen molar-refractivity contribution in [2.45, 2.75) is 334 Å². The molecule has 2 atom stereocenters. The van der Waals surface area contributed by atoms with E-state index in [4.69, 9.17) is 4.74 Å². The van der Waals surface area contributed by atoms with Gasteiger partial charge in [-0.3, -0.25) is 9.59 Å². The molecule has 0 aromatic heterocycles. The number of aliphatic hydroxyl groups excluding tert-OH is 2. The topological polar surface area (TPSA) is 95.9 Å². The molecule has 0 saturated heterocycles. The molecular weight excluding hydrogens is 839 g/mol. The number of esters is 1. The van der Waals surface area contributed by atoms with Crippen LogP contribution in [0.25, 0.3) is 0 Å². The van der Waals surface area contributed by atoms with E-state index in [1.54, 1.807) is 6.08 Å². The van der Waals surface area contributed by atoms with Gasteiger partial charge in [-0.1, -0.05) is 262 Å². The Morgan fingerprint density at radius 3 is 1.04 bits per heavy atom. The number of nitrogens with one attached hydrogen (secondary N) is 1. The highest BCUT2D eigenvalue weighted by Crippen LogP contribution is 2.16. The lowest BCUT2D eigenvalue weighted by molar-refractivity contribution is -0.143. The van der Waals surface area contributed by atoms with E-state index in [2.05, 4.69) is 43.5 Å². The second-order valence-corrected chi connectivity index (χ2v) is 20.7. The van der Waals surface area contributed by atoms with Gasteiger partial charge in [0.25, 0.3) is 0 Å². The van der Waals surface area contributed by atoms with Crippen LogP contribution in [-0.4, -0.2) is 47.4 Å².